The number of thiocarbonyl (C=S) groups is 1. The first kappa shape index (κ1) is 15.8. The Labute approximate surface area is 138 Å². The molecule has 3 N–H and O–H groups in total. The molecule has 1 atom stereocenters. The smallest absolute Gasteiger partial charge is 0.118 e. The molecule has 0 heterocycles. The predicted octanol–water partition coefficient (Wildman–Crippen LogP) is 4.27. The molecule has 0 aliphatic carbocycles. The average molecular weight is 365 g/mol. The fourth-order valence-electron chi connectivity index (χ4n) is 2.10. The normalized spacial score (nSPS) is 11.8. The Morgan fingerprint density at radius 2 is 1.90 bits per heavy atom. The number of anilines is 1. The van der Waals surface area contributed by atoms with Crippen LogP contribution >= 0.6 is 28.1 Å². The molecule has 0 radical (unpaired) electrons. The van der Waals surface area contributed by atoms with Crippen molar-refractivity contribution in [3.05, 3.63) is 58.1 Å². The molecule has 0 aromatic heterocycles. The number of nitrogens with two attached hydrogens (primary N) is 1. The van der Waals surface area contributed by atoms with Crippen LogP contribution < -0.4 is 15.8 Å². The first-order chi connectivity index (χ1) is 10.0. The van der Waals surface area contributed by atoms with E-state index in [9.17, 15) is 0 Å². The molecule has 0 aliphatic rings. The zero-order chi connectivity index (χ0) is 15.4. The van der Waals surface area contributed by atoms with Crippen molar-refractivity contribution in [3.8, 4) is 5.75 Å². The summed E-state index contributed by atoms with van der Waals surface area (Å²) in [6, 6.07) is 13.9. The maximum Gasteiger partial charge on any atom is 0.118 e. The summed E-state index contributed by atoms with van der Waals surface area (Å²) in [5, 5.41) is 3.45. The first-order valence-electron chi connectivity index (χ1n) is 6.51. The van der Waals surface area contributed by atoms with Gasteiger partial charge in [-0.2, -0.15) is 0 Å². The molecule has 2 aromatic rings. The van der Waals surface area contributed by atoms with Crippen molar-refractivity contribution < 1.29 is 4.74 Å². The van der Waals surface area contributed by atoms with Gasteiger partial charge in [-0.15, -0.1) is 0 Å². The van der Waals surface area contributed by atoms with Gasteiger partial charge in [0.2, 0.25) is 0 Å². The van der Waals surface area contributed by atoms with Gasteiger partial charge in [-0.05, 0) is 52.7 Å². The summed E-state index contributed by atoms with van der Waals surface area (Å²) in [5.74, 6) is 0.845. The van der Waals surface area contributed by atoms with Gasteiger partial charge < -0.3 is 15.8 Å². The van der Waals surface area contributed by atoms with Crippen molar-refractivity contribution >= 4 is 38.8 Å². The quantitative estimate of drug-likeness (QED) is 0.777. The highest BCUT2D eigenvalue weighted by atomic mass is 79.9. The van der Waals surface area contributed by atoms with E-state index in [1.165, 1.54) is 0 Å². The molecule has 0 spiro atoms. The third kappa shape index (κ3) is 3.74. The Kier molecular flexibility index (Phi) is 5.20. The van der Waals surface area contributed by atoms with E-state index >= 15 is 0 Å². The minimum atomic E-state index is 0.123. The van der Waals surface area contributed by atoms with Gasteiger partial charge in [0.05, 0.1) is 7.11 Å². The lowest BCUT2D eigenvalue weighted by Crippen LogP contribution is -2.15. The monoisotopic (exact) mass is 364 g/mol. The summed E-state index contributed by atoms with van der Waals surface area (Å²) >= 11 is 8.62. The minimum absolute atomic E-state index is 0.123. The van der Waals surface area contributed by atoms with Crippen molar-refractivity contribution in [2.75, 3.05) is 12.4 Å². The average Bonchev–Trinajstić information content (AvgIpc) is 2.47. The molecule has 0 aliphatic heterocycles. The highest BCUT2D eigenvalue weighted by molar-refractivity contribution is 9.10. The van der Waals surface area contributed by atoms with Crippen LogP contribution in [0, 0.1) is 0 Å². The van der Waals surface area contributed by atoms with Gasteiger partial charge in [0.1, 0.15) is 10.7 Å². The lowest BCUT2D eigenvalue weighted by molar-refractivity contribution is 0.414. The van der Waals surface area contributed by atoms with Crippen molar-refractivity contribution in [1.82, 2.24) is 0 Å². The Balaban J connectivity index is 2.24. The number of ether oxygens (including phenoxy) is 1. The lowest BCUT2D eigenvalue weighted by atomic mass is 10.1. The van der Waals surface area contributed by atoms with Crippen LogP contribution in [0.2, 0.25) is 0 Å². The van der Waals surface area contributed by atoms with Crippen molar-refractivity contribution in [3.63, 3.8) is 0 Å². The summed E-state index contributed by atoms with van der Waals surface area (Å²) in [4.78, 5) is 0.368. The van der Waals surface area contributed by atoms with Crippen LogP contribution in [0.15, 0.2) is 46.9 Å². The van der Waals surface area contributed by atoms with Crippen LogP contribution in [0.25, 0.3) is 0 Å². The molecule has 2 rings (SSSR count). The van der Waals surface area contributed by atoms with E-state index in [4.69, 9.17) is 22.7 Å². The fraction of sp³-hybridized carbons (Fsp3) is 0.188. The van der Waals surface area contributed by atoms with Gasteiger partial charge in [-0.25, -0.2) is 0 Å². The van der Waals surface area contributed by atoms with Crippen LogP contribution in [-0.2, 0) is 0 Å². The van der Waals surface area contributed by atoms with Crippen molar-refractivity contribution in [1.29, 1.82) is 0 Å². The van der Waals surface area contributed by atoms with E-state index < -0.39 is 0 Å². The second-order valence-electron chi connectivity index (χ2n) is 4.67. The molecule has 21 heavy (non-hydrogen) atoms. The molecule has 5 heteroatoms. The fourth-order valence-corrected chi connectivity index (χ4v) is 3.03. The summed E-state index contributed by atoms with van der Waals surface area (Å²) in [7, 11) is 1.66. The lowest BCUT2D eigenvalue weighted by Gasteiger charge is -2.19. The number of halogens is 1. The summed E-state index contributed by atoms with van der Waals surface area (Å²) < 4.78 is 6.06. The topological polar surface area (TPSA) is 47.3 Å². The van der Waals surface area contributed by atoms with E-state index in [1.807, 2.05) is 42.5 Å². The highest BCUT2D eigenvalue weighted by Crippen LogP contribution is 2.28. The number of methoxy groups -OCH3 is 1. The van der Waals surface area contributed by atoms with Crippen LogP contribution in [0.3, 0.4) is 0 Å². The third-order valence-corrected chi connectivity index (χ3v) is 4.11. The maximum atomic E-state index is 5.81. The van der Waals surface area contributed by atoms with E-state index in [2.05, 4.69) is 28.2 Å². The van der Waals surface area contributed by atoms with Gasteiger partial charge in [0.25, 0.3) is 0 Å². The number of rotatable bonds is 5. The largest absolute Gasteiger partial charge is 0.497 e. The zero-order valence-electron chi connectivity index (χ0n) is 11.9. The molecular formula is C16H17BrN2OS. The first-order valence-corrected chi connectivity index (χ1v) is 7.72. The van der Waals surface area contributed by atoms with Crippen molar-refractivity contribution in [2.45, 2.75) is 13.0 Å². The van der Waals surface area contributed by atoms with Gasteiger partial charge in [-0.3, -0.25) is 0 Å². The van der Waals surface area contributed by atoms with Crippen LogP contribution in [0.5, 0.6) is 5.75 Å². The number of hydrogen-bond acceptors (Lipinski definition) is 3. The van der Waals surface area contributed by atoms with Gasteiger partial charge in [0.15, 0.2) is 0 Å². The Bertz CT molecular complexity index is 643. The van der Waals surface area contributed by atoms with Gasteiger partial charge in [-0.1, -0.05) is 30.4 Å². The van der Waals surface area contributed by atoms with Crippen LogP contribution in [0.4, 0.5) is 5.69 Å². The SMILES string of the molecule is COc1ccc(C(C)Nc2cccc(Br)c2C(N)=S)cc1. The van der Waals surface area contributed by atoms with E-state index in [-0.39, 0.29) is 6.04 Å². The number of hydrogen-bond donors (Lipinski definition) is 2. The second kappa shape index (κ2) is 6.91. The van der Waals surface area contributed by atoms with E-state index in [0.717, 1.165) is 27.0 Å². The maximum absolute atomic E-state index is 5.81. The third-order valence-electron chi connectivity index (χ3n) is 3.25. The Hall–Kier alpha value is -1.59. The number of benzene rings is 2. The summed E-state index contributed by atoms with van der Waals surface area (Å²) in [5.41, 5.74) is 8.71. The molecule has 0 amide bonds. The van der Waals surface area contributed by atoms with Crippen LogP contribution in [-0.4, -0.2) is 12.1 Å². The second-order valence-corrected chi connectivity index (χ2v) is 5.96. The molecule has 0 saturated carbocycles. The molecule has 2 aromatic carbocycles. The molecule has 0 fully saturated rings. The summed E-state index contributed by atoms with van der Waals surface area (Å²) in [6.07, 6.45) is 0. The molecular weight excluding hydrogens is 348 g/mol. The molecule has 0 bridgehead atoms. The molecule has 1 unspecified atom stereocenters. The number of nitrogens with one attached hydrogen (secondary N) is 1. The van der Waals surface area contributed by atoms with Gasteiger partial charge >= 0.3 is 0 Å². The van der Waals surface area contributed by atoms with Crippen LogP contribution in [0.1, 0.15) is 24.1 Å². The molecule has 110 valence electrons. The zero-order valence-corrected chi connectivity index (χ0v) is 14.3. The molecule has 0 saturated heterocycles. The Morgan fingerprint density at radius 3 is 2.48 bits per heavy atom. The van der Waals surface area contributed by atoms with Gasteiger partial charge in [0, 0.05) is 21.8 Å². The van der Waals surface area contributed by atoms with E-state index in [1.54, 1.807) is 7.11 Å². The standard InChI is InChI=1S/C16H17BrN2OS/c1-10(11-6-8-12(20-2)9-7-11)19-14-5-3-4-13(17)15(14)16(18)21/h3-10,19H,1-2H3,(H2,18,21). The summed E-state index contributed by atoms with van der Waals surface area (Å²) in [6.45, 7) is 2.09. The molecule has 3 nitrogen and oxygen atoms in total. The van der Waals surface area contributed by atoms with Crippen molar-refractivity contribution in [2.24, 2.45) is 5.73 Å². The Morgan fingerprint density at radius 1 is 1.24 bits per heavy atom. The van der Waals surface area contributed by atoms with E-state index in [0.29, 0.717) is 4.99 Å². The minimum Gasteiger partial charge on any atom is -0.497 e. The predicted molar refractivity (Wildman–Crippen MR) is 95.1 cm³/mol. The highest BCUT2D eigenvalue weighted by Gasteiger charge is 2.12.